The summed E-state index contributed by atoms with van der Waals surface area (Å²) >= 11 is 7.65. The number of ketones is 1. The van der Waals surface area contributed by atoms with Crippen LogP contribution in [0.1, 0.15) is 9.67 Å². The highest BCUT2D eigenvalue weighted by Crippen LogP contribution is 2.28. The minimum atomic E-state index is 0.118. The first-order valence-corrected chi connectivity index (χ1v) is 8.03. The maximum Gasteiger partial charge on any atom is 0.206 e. The van der Waals surface area contributed by atoms with Crippen molar-refractivity contribution < 1.29 is 4.79 Å². The lowest BCUT2D eigenvalue weighted by atomic mass is 10.4. The van der Waals surface area contributed by atoms with Crippen LogP contribution in [0.3, 0.4) is 0 Å². The van der Waals surface area contributed by atoms with Crippen molar-refractivity contribution in [3.8, 4) is 0 Å². The van der Waals surface area contributed by atoms with Crippen LogP contribution in [0, 0.1) is 0 Å². The van der Waals surface area contributed by atoms with Crippen molar-refractivity contribution in [1.82, 2.24) is 10.2 Å². The van der Waals surface area contributed by atoms with Crippen LogP contribution in [-0.4, -0.2) is 28.8 Å². The zero-order valence-corrected chi connectivity index (χ0v) is 12.8. The van der Waals surface area contributed by atoms with Gasteiger partial charge in [-0.3, -0.25) is 4.79 Å². The molecule has 17 heavy (non-hydrogen) atoms. The van der Waals surface area contributed by atoms with Gasteiger partial charge < -0.3 is 5.32 Å². The van der Waals surface area contributed by atoms with Gasteiger partial charge in [0.25, 0.3) is 0 Å². The number of aromatic nitrogens is 2. The molecule has 2 rings (SSSR count). The number of carbonyl (C=O) groups is 1. The van der Waals surface area contributed by atoms with Gasteiger partial charge in [0.2, 0.25) is 5.13 Å². The van der Waals surface area contributed by atoms with Crippen molar-refractivity contribution in [3.63, 3.8) is 0 Å². The molecular weight excluding hydrogens is 342 g/mol. The average Bonchev–Trinajstić information content (AvgIpc) is 2.94. The highest BCUT2D eigenvalue weighted by molar-refractivity contribution is 9.11. The molecule has 0 aliphatic rings. The number of hydrogen-bond donors (Lipinski definition) is 1. The Labute approximate surface area is 119 Å². The van der Waals surface area contributed by atoms with Crippen LogP contribution in [0.2, 0.25) is 0 Å². The molecule has 0 amide bonds. The lowest BCUT2D eigenvalue weighted by molar-refractivity contribution is 0.102. The summed E-state index contributed by atoms with van der Waals surface area (Å²) in [7, 11) is 1.79. The molecule has 0 aliphatic heterocycles. The van der Waals surface area contributed by atoms with Gasteiger partial charge in [0.1, 0.15) is 0 Å². The minimum absolute atomic E-state index is 0.118. The average molecular weight is 350 g/mol. The van der Waals surface area contributed by atoms with Gasteiger partial charge in [-0.1, -0.05) is 23.1 Å². The van der Waals surface area contributed by atoms with Crippen LogP contribution in [0.4, 0.5) is 5.13 Å². The molecule has 2 aromatic rings. The standard InChI is InChI=1S/C9H8BrN3OS3/c1-11-8-12-13-9(17-8)15-4-5(14)6-2-3-7(10)16-6/h2-3H,4H2,1H3,(H,11,12). The van der Waals surface area contributed by atoms with Crippen LogP contribution in [0.5, 0.6) is 0 Å². The summed E-state index contributed by atoms with van der Waals surface area (Å²) in [5.41, 5.74) is 0. The van der Waals surface area contributed by atoms with Crippen LogP contribution in [0.15, 0.2) is 20.3 Å². The fourth-order valence-electron chi connectivity index (χ4n) is 1.03. The molecule has 0 saturated carbocycles. The van der Waals surface area contributed by atoms with E-state index in [4.69, 9.17) is 0 Å². The SMILES string of the molecule is CNc1nnc(SCC(=O)c2ccc(Br)s2)s1. The third-order valence-corrected chi connectivity index (χ3v) is 5.53. The Bertz CT molecular complexity index is 525. The van der Waals surface area contributed by atoms with Crippen molar-refractivity contribution >= 4 is 61.3 Å². The number of anilines is 1. The normalized spacial score (nSPS) is 10.5. The molecule has 8 heteroatoms. The lowest BCUT2D eigenvalue weighted by Gasteiger charge is -1.94. The van der Waals surface area contributed by atoms with E-state index in [2.05, 4.69) is 31.4 Å². The Balaban J connectivity index is 1.92. The Morgan fingerprint density at radius 3 is 2.88 bits per heavy atom. The van der Waals surface area contributed by atoms with Crippen LogP contribution in [0.25, 0.3) is 0 Å². The molecule has 0 radical (unpaired) electrons. The summed E-state index contributed by atoms with van der Waals surface area (Å²) in [5.74, 6) is 0.512. The number of hydrogen-bond acceptors (Lipinski definition) is 7. The number of rotatable bonds is 5. The Morgan fingerprint density at radius 1 is 1.47 bits per heavy atom. The minimum Gasteiger partial charge on any atom is -0.363 e. The van der Waals surface area contributed by atoms with E-state index in [9.17, 15) is 4.79 Å². The predicted octanol–water partition coefficient (Wildman–Crippen LogP) is 3.38. The maximum absolute atomic E-state index is 11.8. The van der Waals surface area contributed by atoms with Crippen LogP contribution in [-0.2, 0) is 0 Å². The maximum atomic E-state index is 11.8. The number of Topliss-reactive ketones (excluding diaryl/α,β-unsaturated/α-hetero) is 1. The van der Waals surface area contributed by atoms with Gasteiger partial charge in [0.15, 0.2) is 10.1 Å². The van der Waals surface area contributed by atoms with Crippen molar-refractivity contribution in [3.05, 3.63) is 20.8 Å². The predicted molar refractivity (Wildman–Crippen MR) is 76.5 cm³/mol. The highest BCUT2D eigenvalue weighted by atomic mass is 79.9. The number of carbonyl (C=O) groups excluding carboxylic acids is 1. The second-order valence-corrected chi connectivity index (χ2v) is 7.60. The molecular formula is C9H8BrN3OS3. The Hall–Kier alpha value is -0.440. The van der Waals surface area contributed by atoms with E-state index in [1.807, 2.05) is 12.1 Å². The van der Waals surface area contributed by atoms with E-state index in [0.29, 0.717) is 5.75 Å². The third-order valence-electron chi connectivity index (χ3n) is 1.80. The molecule has 0 saturated heterocycles. The summed E-state index contributed by atoms with van der Waals surface area (Å²) in [4.78, 5) is 12.6. The van der Waals surface area contributed by atoms with Gasteiger partial charge >= 0.3 is 0 Å². The molecule has 90 valence electrons. The van der Waals surface area contributed by atoms with E-state index >= 15 is 0 Å². The molecule has 0 atom stereocenters. The van der Waals surface area contributed by atoms with E-state index < -0.39 is 0 Å². The van der Waals surface area contributed by atoms with Gasteiger partial charge in [-0.15, -0.1) is 21.5 Å². The van der Waals surface area contributed by atoms with Crippen molar-refractivity contribution in [2.45, 2.75) is 4.34 Å². The first-order chi connectivity index (χ1) is 8.19. The molecule has 0 bridgehead atoms. The van der Waals surface area contributed by atoms with Crippen molar-refractivity contribution in [2.75, 3.05) is 18.1 Å². The van der Waals surface area contributed by atoms with E-state index in [1.165, 1.54) is 34.4 Å². The summed E-state index contributed by atoms with van der Waals surface area (Å²) in [6.07, 6.45) is 0. The molecule has 0 unspecified atom stereocenters. The fraction of sp³-hybridized carbons (Fsp3) is 0.222. The summed E-state index contributed by atoms with van der Waals surface area (Å²) in [5, 5.41) is 11.6. The molecule has 1 N–H and O–H groups in total. The summed E-state index contributed by atoms with van der Waals surface area (Å²) in [6, 6.07) is 3.71. The smallest absolute Gasteiger partial charge is 0.206 e. The summed E-state index contributed by atoms with van der Waals surface area (Å²) in [6.45, 7) is 0. The topological polar surface area (TPSA) is 54.9 Å². The first-order valence-electron chi connectivity index (χ1n) is 4.61. The number of thioether (sulfide) groups is 1. The number of nitrogens with zero attached hydrogens (tertiary/aromatic N) is 2. The van der Waals surface area contributed by atoms with Crippen molar-refractivity contribution in [1.29, 1.82) is 0 Å². The zero-order valence-electron chi connectivity index (χ0n) is 8.77. The highest BCUT2D eigenvalue weighted by Gasteiger charge is 2.11. The first kappa shape index (κ1) is 13.0. The zero-order chi connectivity index (χ0) is 12.3. The van der Waals surface area contributed by atoms with E-state index in [-0.39, 0.29) is 5.78 Å². The van der Waals surface area contributed by atoms with E-state index in [0.717, 1.165) is 18.1 Å². The molecule has 2 aromatic heterocycles. The quantitative estimate of drug-likeness (QED) is 0.662. The number of thiophene rings is 1. The van der Waals surface area contributed by atoms with E-state index in [1.54, 1.807) is 7.05 Å². The molecule has 4 nitrogen and oxygen atoms in total. The molecule has 0 aromatic carbocycles. The van der Waals surface area contributed by atoms with Crippen LogP contribution >= 0.6 is 50.4 Å². The van der Waals surface area contributed by atoms with Gasteiger partial charge in [-0.2, -0.15) is 0 Å². The number of halogens is 1. The molecule has 0 fully saturated rings. The van der Waals surface area contributed by atoms with Gasteiger partial charge in [0, 0.05) is 7.05 Å². The summed E-state index contributed by atoms with van der Waals surface area (Å²) < 4.78 is 1.78. The van der Waals surface area contributed by atoms with Gasteiger partial charge in [-0.05, 0) is 28.1 Å². The second-order valence-electron chi connectivity index (χ2n) is 2.94. The Morgan fingerprint density at radius 2 is 2.29 bits per heavy atom. The molecule has 0 aliphatic carbocycles. The second kappa shape index (κ2) is 5.94. The monoisotopic (exact) mass is 349 g/mol. The van der Waals surface area contributed by atoms with Gasteiger partial charge in [0.05, 0.1) is 14.4 Å². The lowest BCUT2D eigenvalue weighted by Crippen LogP contribution is -1.98. The molecule has 0 spiro atoms. The molecule has 2 heterocycles. The largest absolute Gasteiger partial charge is 0.363 e. The third kappa shape index (κ3) is 3.51. The van der Waals surface area contributed by atoms with Gasteiger partial charge in [-0.25, -0.2) is 0 Å². The van der Waals surface area contributed by atoms with Crippen LogP contribution < -0.4 is 5.32 Å². The number of nitrogens with one attached hydrogen (secondary N) is 1. The fourth-order valence-corrected chi connectivity index (χ4v) is 4.04. The van der Waals surface area contributed by atoms with Crippen molar-refractivity contribution in [2.24, 2.45) is 0 Å². The Kier molecular flexibility index (Phi) is 4.55.